The van der Waals surface area contributed by atoms with E-state index >= 15 is 0 Å². The summed E-state index contributed by atoms with van der Waals surface area (Å²) in [5, 5.41) is 19.4. The molecule has 0 saturated heterocycles. The van der Waals surface area contributed by atoms with Gasteiger partial charge in [0, 0.05) is 19.3 Å². The molecule has 0 bridgehead atoms. The SMILES string of the molecule is CCn1cc(NC(=O)[C@@H]2CC(C)=C(C)C[C@@H]2C(=O)O)c(C(=O)NCC(C)C)n1. The van der Waals surface area contributed by atoms with Crippen LogP contribution in [0, 0.1) is 17.8 Å². The Morgan fingerprint density at radius 2 is 1.82 bits per heavy atom. The van der Waals surface area contributed by atoms with Gasteiger partial charge in [0.15, 0.2) is 5.69 Å². The highest BCUT2D eigenvalue weighted by Crippen LogP contribution is 2.35. The number of carbonyl (C=O) groups excluding carboxylic acids is 2. The minimum atomic E-state index is -0.980. The zero-order chi connectivity index (χ0) is 21.0. The maximum atomic E-state index is 12.9. The number of hydrogen-bond acceptors (Lipinski definition) is 4. The summed E-state index contributed by atoms with van der Waals surface area (Å²) >= 11 is 0. The van der Waals surface area contributed by atoms with Gasteiger partial charge in [0.1, 0.15) is 0 Å². The lowest BCUT2D eigenvalue weighted by Crippen LogP contribution is -2.37. The van der Waals surface area contributed by atoms with Crippen molar-refractivity contribution in [3.05, 3.63) is 23.0 Å². The summed E-state index contributed by atoms with van der Waals surface area (Å²) in [6.45, 7) is 10.7. The fraction of sp³-hybridized carbons (Fsp3) is 0.600. The molecule has 8 nitrogen and oxygen atoms in total. The first kappa shape index (κ1) is 21.7. The van der Waals surface area contributed by atoms with Gasteiger partial charge in [0.25, 0.3) is 5.91 Å². The van der Waals surface area contributed by atoms with E-state index in [9.17, 15) is 19.5 Å². The van der Waals surface area contributed by atoms with Crippen LogP contribution in [0.2, 0.25) is 0 Å². The van der Waals surface area contributed by atoms with Gasteiger partial charge < -0.3 is 15.7 Å². The maximum Gasteiger partial charge on any atom is 0.307 e. The van der Waals surface area contributed by atoms with Crippen LogP contribution in [0.25, 0.3) is 0 Å². The van der Waals surface area contributed by atoms with Crippen molar-refractivity contribution in [3.63, 3.8) is 0 Å². The van der Waals surface area contributed by atoms with Gasteiger partial charge in [0.2, 0.25) is 5.91 Å². The first-order chi connectivity index (χ1) is 13.1. The van der Waals surface area contributed by atoms with Crippen molar-refractivity contribution in [2.75, 3.05) is 11.9 Å². The van der Waals surface area contributed by atoms with Gasteiger partial charge in [-0.2, -0.15) is 5.10 Å². The van der Waals surface area contributed by atoms with Crippen molar-refractivity contribution in [3.8, 4) is 0 Å². The summed E-state index contributed by atoms with van der Waals surface area (Å²) in [6, 6.07) is 0. The third kappa shape index (κ3) is 4.99. The number of amides is 2. The number of carboxylic acids is 1. The molecular weight excluding hydrogens is 360 g/mol. The summed E-state index contributed by atoms with van der Waals surface area (Å²) in [5.74, 6) is -2.91. The zero-order valence-corrected chi connectivity index (χ0v) is 17.2. The van der Waals surface area contributed by atoms with Crippen LogP contribution >= 0.6 is 0 Å². The van der Waals surface area contributed by atoms with E-state index in [1.807, 2.05) is 34.6 Å². The highest BCUT2D eigenvalue weighted by Gasteiger charge is 2.37. The third-order valence-electron chi connectivity index (χ3n) is 5.15. The van der Waals surface area contributed by atoms with Crippen LogP contribution in [0.5, 0.6) is 0 Å². The van der Waals surface area contributed by atoms with Gasteiger partial charge in [-0.3, -0.25) is 19.1 Å². The molecule has 2 atom stereocenters. The molecule has 2 rings (SSSR count). The minimum Gasteiger partial charge on any atom is -0.481 e. The number of aliphatic carboxylic acids is 1. The van der Waals surface area contributed by atoms with Crippen molar-refractivity contribution < 1.29 is 19.5 Å². The number of nitrogens with one attached hydrogen (secondary N) is 2. The minimum absolute atomic E-state index is 0.141. The summed E-state index contributed by atoms with van der Waals surface area (Å²) in [4.78, 5) is 37.1. The largest absolute Gasteiger partial charge is 0.481 e. The van der Waals surface area contributed by atoms with Crippen LogP contribution in [0.3, 0.4) is 0 Å². The number of nitrogens with zero attached hydrogens (tertiary/aromatic N) is 2. The summed E-state index contributed by atoms with van der Waals surface area (Å²) in [6.07, 6.45) is 2.36. The summed E-state index contributed by atoms with van der Waals surface area (Å²) in [5.41, 5.74) is 2.50. The van der Waals surface area contributed by atoms with Gasteiger partial charge in [-0.05, 0) is 39.5 Å². The fourth-order valence-corrected chi connectivity index (χ4v) is 3.28. The molecule has 28 heavy (non-hydrogen) atoms. The molecule has 8 heteroatoms. The van der Waals surface area contributed by atoms with Gasteiger partial charge >= 0.3 is 5.97 Å². The number of hydrogen-bond donors (Lipinski definition) is 3. The second-order valence-electron chi connectivity index (χ2n) is 7.86. The molecule has 0 fully saturated rings. The topological polar surface area (TPSA) is 113 Å². The Balaban J connectivity index is 2.24. The van der Waals surface area contributed by atoms with Gasteiger partial charge in [-0.15, -0.1) is 0 Å². The molecule has 0 unspecified atom stereocenters. The number of allylic oxidation sites excluding steroid dienone is 2. The Hall–Kier alpha value is -2.64. The smallest absolute Gasteiger partial charge is 0.307 e. The molecule has 0 aromatic carbocycles. The molecule has 0 saturated carbocycles. The van der Waals surface area contributed by atoms with Crippen LogP contribution < -0.4 is 10.6 Å². The number of carbonyl (C=O) groups is 3. The predicted octanol–water partition coefficient (Wildman–Crippen LogP) is 2.67. The molecule has 0 aliphatic heterocycles. The van der Waals surface area contributed by atoms with Gasteiger partial charge in [-0.1, -0.05) is 25.0 Å². The molecule has 0 radical (unpaired) electrons. The van der Waals surface area contributed by atoms with Crippen LogP contribution in [0.1, 0.15) is 57.9 Å². The van der Waals surface area contributed by atoms with E-state index in [2.05, 4.69) is 15.7 Å². The Bertz CT molecular complexity index is 794. The number of carboxylic acid groups (broad SMARTS) is 1. The first-order valence-corrected chi connectivity index (χ1v) is 9.68. The molecule has 0 spiro atoms. The second-order valence-corrected chi connectivity index (χ2v) is 7.86. The molecule has 1 aromatic heterocycles. The monoisotopic (exact) mass is 390 g/mol. The highest BCUT2D eigenvalue weighted by molar-refractivity contribution is 6.03. The van der Waals surface area contributed by atoms with Crippen molar-refractivity contribution in [1.82, 2.24) is 15.1 Å². The number of aromatic nitrogens is 2. The Kier molecular flexibility index (Phi) is 6.99. The van der Waals surface area contributed by atoms with Crippen LogP contribution in [0.15, 0.2) is 17.3 Å². The Labute approximate surface area is 165 Å². The van der Waals surface area contributed by atoms with Crippen molar-refractivity contribution in [1.29, 1.82) is 0 Å². The average Bonchev–Trinajstić information content (AvgIpc) is 3.04. The van der Waals surface area contributed by atoms with E-state index in [0.29, 0.717) is 31.6 Å². The van der Waals surface area contributed by atoms with E-state index in [1.165, 1.54) is 0 Å². The van der Waals surface area contributed by atoms with E-state index in [1.54, 1.807) is 10.9 Å². The Morgan fingerprint density at radius 1 is 1.21 bits per heavy atom. The summed E-state index contributed by atoms with van der Waals surface area (Å²) < 4.78 is 1.57. The Morgan fingerprint density at radius 3 is 2.36 bits per heavy atom. The maximum absolute atomic E-state index is 12.9. The normalized spacial score (nSPS) is 19.6. The zero-order valence-electron chi connectivity index (χ0n) is 17.2. The molecular formula is C20H30N4O4. The van der Waals surface area contributed by atoms with Crippen molar-refractivity contribution in [2.45, 2.75) is 54.0 Å². The van der Waals surface area contributed by atoms with Crippen LogP contribution in [-0.4, -0.2) is 39.2 Å². The van der Waals surface area contributed by atoms with Crippen LogP contribution in [0.4, 0.5) is 5.69 Å². The van der Waals surface area contributed by atoms with Crippen molar-refractivity contribution >= 4 is 23.5 Å². The van der Waals surface area contributed by atoms with Crippen molar-refractivity contribution in [2.24, 2.45) is 17.8 Å². The second kappa shape index (κ2) is 9.03. The first-order valence-electron chi connectivity index (χ1n) is 9.68. The lowest BCUT2D eigenvalue weighted by Gasteiger charge is -2.29. The standard InChI is InChI=1S/C20H30N4O4/c1-6-24-10-16(17(23-24)19(26)21-9-11(2)3)22-18(25)14-7-12(4)13(5)8-15(14)20(27)28/h10-11,14-15H,6-9H2,1-5H3,(H,21,26)(H,22,25)(H,27,28)/t14-,15+/m1/s1. The average molecular weight is 390 g/mol. The predicted molar refractivity (Wildman–Crippen MR) is 106 cm³/mol. The molecule has 3 N–H and O–H groups in total. The van der Waals surface area contributed by atoms with Gasteiger partial charge in [-0.25, -0.2) is 0 Å². The third-order valence-corrected chi connectivity index (χ3v) is 5.15. The molecule has 1 heterocycles. The molecule has 1 aliphatic carbocycles. The van der Waals surface area contributed by atoms with E-state index in [4.69, 9.17) is 0 Å². The summed E-state index contributed by atoms with van der Waals surface area (Å²) in [7, 11) is 0. The lowest BCUT2D eigenvalue weighted by molar-refractivity contribution is -0.146. The van der Waals surface area contributed by atoms with E-state index < -0.39 is 23.7 Å². The van der Waals surface area contributed by atoms with E-state index in [0.717, 1.165) is 11.1 Å². The molecule has 1 aliphatic rings. The van der Waals surface area contributed by atoms with Crippen LogP contribution in [-0.2, 0) is 16.1 Å². The molecule has 2 amide bonds. The number of aryl methyl sites for hydroxylation is 1. The lowest BCUT2D eigenvalue weighted by atomic mass is 9.76. The highest BCUT2D eigenvalue weighted by atomic mass is 16.4. The van der Waals surface area contributed by atoms with Gasteiger partial charge in [0.05, 0.1) is 17.5 Å². The molecule has 154 valence electrons. The molecule has 1 aromatic rings. The quantitative estimate of drug-likeness (QED) is 0.620. The number of anilines is 1. The fourth-order valence-electron chi connectivity index (χ4n) is 3.28. The van der Waals surface area contributed by atoms with E-state index in [-0.39, 0.29) is 17.5 Å². The number of rotatable bonds is 7.